The van der Waals surface area contributed by atoms with E-state index in [0.29, 0.717) is 18.5 Å². The van der Waals surface area contributed by atoms with Gasteiger partial charge in [0, 0.05) is 31.7 Å². The normalized spacial score (nSPS) is 20.9. The Morgan fingerprint density at radius 1 is 1.17 bits per heavy atom. The summed E-state index contributed by atoms with van der Waals surface area (Å²) in [5, 5.41) is 5.76. The number of anilines is 1. The minimum atomic E-state index is -0.0742. The van der Waals surface area contributed by atoms with Crippen LogP contribution in [-0.2, 0) is 11.2 Å². The molecule has 0 unspecified atom stereocenters. The summed E-state index contributed by atoms with van der Waals surface area (Å²) in [6.07, 6.45) is 3.06. The van der Waals surface area contributed by atoms with Gasteiger partial charge in [-0.15, -0.1) is 0 Å². The van der Waals surface area contributed by atoms with Crippen LogP contribution in [0.5, 0.6) is 0 Å². The molecule has 3 amide bonds. The molecule has 1 fully saturated rings. The summed E-state index contributed by atoms with van der Waals surface area (Å²) in [5.41, 5.74) is 1.93. The molecule has 23 heavy (non-hydrogen) atoms. The van der Waals surface area contributed by atoms with E-state index in [0.717, 1.165) is 30.6 Å². The van der Waals surface area contributed by atoms with Crippen molar-refractivity contribution in [1.82, 2.24) is 10.2 Å². The summed E-state index contributed by atoms with van der Waals surface area (Å²) < 4.78 is 0. The zero-order valence-corrected chi connectivity index (χ0v) is 14.3. The van der Waals surface area contributed by atoms with Crippen LogP contribution in [0.4, 0.5) is 10.5 Å². The smallest absolute Gasteiger partial charge is 0.317 e. The van der Waals surface area contributed by atoms with E-state index in [1.165, 1.54) is 13.3 Å². The van der Waals surface area contributed by atoms with Gasteiger partial charge in [0.1, 0.15) is 0 Å². The Morgan fingerprint density at radius 3 is 2.52 bits per heavy atom. The first kappa shape index (κ1) is 17.3. The van der Waals surface area contributed by atoms with E-state index in [2.05, 4.69) is 24.5 Å². The van der Waals surface area contributed by atoms with E-state index in [4.69, 9.17) is 0 Å². The molecule has 1 aromatic carbocycles. The molecule has 1 aliphatic heterocycles. The van der Waals surface area contributed by atoms with Crippen molar-refractivity contribution in [3.05, 3.63) is 29.8 Å². The van der Waals surface area contributed by atoms with Crippen molar-refractivity contribution in [3.63, 3.8) is 0 Å². The van der Waals surface area contributed by atoms with Crippen LogP contribution in [0, 0.1) is 5.92 Å². The van der Waals surface area contributed by atoms with Crippen molar-refractivity contribution in [3.8, 4) is 0 Å². The SMILES string of the molecule is CC(=O)Nc1ccc(CCNC(=O)N2C[C@H](C)CC[C@@H]2C)cc1. The minimum Gasteiger partial charge on any atom is -0.338 e. The second kappa shape index (κ2) is 7.99. The number of carbonyl (C=O) groups excluding carboxylic acids is 2. The molecular weight excluding hydrogens is 290 g/mol. The number of nitrogens with zero attached hydrogens (tertiary/aromatic N) is 1. The number of rotatable bonds is 4. The molecule has 0 spiro atoms. The first-order valence-corrected chi connectivity index (χ1v) is 8.36. The monoisotopic (exact) mass is 317 g/mol. The Balaban J connectivity index is 1.77. The third-order valence-corrected chi connectivity index (χ3v) is 4.34. The molecule has 0 radical (unpaired) electrons. The molecule has 1 aliphatic rings. The Bertz CT molecular complexity index is 542. The third-order valence-electron chi connectivity index (χ3n) is 4.34. The maximum Gasteiger partial charge on any atom is 0.317 e. The number of likely N-dealkylation sites (tertiary alicyclic amines) is 1. The topological polar surface area (TPSA) is 61.4 Å². The van der Waals surface area contributed by atoms with Crippen molar-refractivity contribution >= 4 is 17.6 Å². The number of urea groups is 1. The van der Waals surface area contributed by atoms with Crippen LogP contribution in [0.15, 0.2) is 24.3 Å². The number of hydrogen-bond donors (Lipinski definition) is 2. The van der Waals surface area contributed by atoms with Crippen LogP contribution in [0.1, 0.15) is 39.2 Å². The van der Waals surface area contributed by atoms with Gasteiger partial charge in [-0.3, -0.25) is 4.79 Å². The molecule has 1 heterocycles. The molecule has 0 bridgehead atoms. The molecule has 1 saturated heterocycles. The molecule has 0 aromatic heterocycles. The fraction of sp³-hybridized carbons (Fsp3) is 0.556. The Kier molecular flexibility index (Phi) is 6.02. The zero-order chi connectivity index (χ0) is 16.8. The van der Waals surface area contributed by atoms with E-state index in [1.54, 1.807) is 0 Å². The molecule has 1 aromatic rings. The van der Waals surface area contributed by atoms with Crippen LogP contribution in [0.3, 0.4) is 0 Å². The lowest BCUT2D eigenvalue weighted by atomic mass is 9.95. The molecule has 5 nitrogen and oxygen atoms in total. The highest BCUT2D eigenvalue weighted by Crippen LogP contribution is 2.21. The lowest BCUT2D eigenvalue weighted by Crippen LogP contribution is -2.49. The summed E-state index contributed by atoms with van der Waals surface area (Å²) in [6.45, 7) is 7.27. The minimum absolute atomic E-state index is 0.0407. The van der Waals surface area contributed by atoms with Crippen LogP contribution in [0.2, 0.25) is 0 Å². The van der Waals surface area contributed by atoms with E-state index in [1.807, 2.05) is 29.2 Å². The van der Waals surface area contributed by atoms with Crippen molar-refractivity contribution < 1.29 is 9.59 Å². The largest absolute Gasteiger partial charge is 0.338 e. The quantitative estimate of drug-likeness (QED) is 0.896. The predicted molar refractivity (Wildman–Crippen MR) is 92.4 cm³/mol. The Morgan fingerprint density at radius 2 is 1.87 bits per heavy atom. The van der Waals surface area contributed by atoms with Crippen LogP contribution in [-0.4, -0.2) is 36.0 Å². The van der Waals surface area contributed by atoms with Gasteiger partial charge in [-0.25, -0.2) is 4.79 Å². The highest BCUT2D eigenvalue weighted by molar-refractivity contribution is 5.88. The summed E-state index contributed by atoms with van der Waals surface area (Å²) in [4.78, 5) is 25.2. The van der Waals surface area contributed by atoms with E-state index < -0.39 is 0 Å². The molecule has 2 atom stereocenters. The van der Waals surface area contributed by atoms with Gasteiger partial charge in [-0.2, -0.15) is 0 Å². The van der Waals surface area contributed by atoms with Gasteiger partial charge < -0.3 is 15.5 Å². The second-order valence-corrected chi connectivity index (χ2v) is 6.54. The van der Waals surface area contributed by atoms with Crippen molar-refractivity contribution in [1.29, 1.82) is 0 Å². The van der Waals surface area contributed by atoms with E-state index >= 15 is 0 Å². The highest BCUT2D eigenvalue weighted by Gasteiger charge is 2.26. The fourth-order valence-corrected chi connectivity index (χ4v) is 2.94. The second-order valence-electron chi connectivity index (χ2n) is 6.54. The average molecular weight is 317 g/mol. The fourth-order valence-electron chi connectivity index (χ4n) is 2.94. The van der Waals surface area contributed by atoms with Gasteiger partial charge in [0.15, 0.2) is 0 Å². The molecular formula is C18H27N3O2. The van der Waals surface area contributed by atoms with Gasteiger partial charge in [-0.1, -0.05) is 19.1 Å². The Hall–Kier alpha value is -2.04. The third kappa shape index (κ3) is 5.27. The predicted octanol–water partition coefficient (Wildman–Crippen LogP) is 3.02. The highest BCUT2D eigenvalue weighted by atomic mass is 16.2. The lowest BCUT2D eigenvalue weighted by Gasteiger charge is -2.36. The molecule has 2 rings (SSSR count). The first-order valence-electron chi connectivity index (χ1n) is 8.36. The summed E-state index contributed by atoms with van der Waals surface area (Å²) in [7, 11) is 0. The summed E-state index contributed by atoms with van der Waals surface area (Å²) in [5.74, 6) is 0.508. The van der Waals surface area contributed by atoms with Gasteiger partial charge in [0.05, 0.1) is 0 Å². The maximum absolute atomic E-state index is 12.3. The number of carbonyl (C=O) groups is 2. The number of amides is 3. The van der Waals surface area contributed by atoms with E-state index in [9.17, 15) is 9.59 Å². The van der Waals surface area contributed by atoms with Crippen LogP contribution >= 0.6 is 0 Å². The van der Waals surface area contributed by atoms with Gasteiger partial charge in [0.2, 0.25) is 5.91 Å². The number of piperidine rings is 1. The number of benzene rings is 1. The standard InChI is InChI=1S/C18H27N3O2/c1-13-4-5-14(2)21(12-13)18(23)19-11-10-16-6-8-17(9-7-16)20-15(3)22/h6-9,13-14H,4-5,10-12H2,1-3H3,(H,19,23)(H,20,22)/t13-,14+/m1/s1. The summed E-state index contributed by atoms with van der Waals surface area (Å²) >= 11 is 0. The molecule has 0 aliphatic carbocycles. The van der Waals surface area contributed by atoms with Gasteiger partial charge in [0.25, 0.3) is 0 Å². The van der Waals surface area contributed by atoms with Crippen molar-refractivity contribution in [2.45, 2.75) is 46.1 Å². The van der Waals surface area contributed by atoms with Crippen molar-refractivity contribution in [2.75, 3.05) is 18.4 Å². The van der Waals surface area contributed by atoms with E-state index in [-0.39, 0.29) is 11.9 Å². The lowest BCUT2D eigenvalue weighted by molar-refractivity contribution is -0.114. The Labute approximate surface area is 138 Å². The summed E-state index contributed by atoms with van der Waals surface area (Å²) in [6, 6.07) is 8.08. The zero-order valence-electron chi connectivity index (χ0n) is 14.3. The van der Waals surface area contributed by atoms with Gasteiger partial charge >= 0.3 is 6.03 Å². The molecule has 0 saturated carbocycles. The van der Waals surface area contributed by atoms with Gasteiger partial charge in [-0.05, 0) is 49.8 Å². The first-order chi connectivity index (χ1) is 11.0. The maximum atomic E-state index is 12.3. The van der Waals surface area contributed by atoms with Crippen LogP contribution < -0.4 is 10.6 Å². The molecule has 126 valence electrons. The van der Waals surface area contributed by atoms with Crippen LogP contribution in [0.25, 0.3) is 0 Å². The van der Waals surface area contributed by atoms with Crippen molar-refractivity contribution in [2.24, 2.45) is 5.92 Å². The number of hydrogen-bond acceptors (Lipinski definition) is 2. The molecule has 5 heteroatoms. The molecule has 2 N–H and O–H groups in total. The number of nitrogens with one attached hydrogen (secondary N) is 2. The average Bonchev–Trinajstić information content (AvgIpc) is 2.51.